The summed E-state index contributed by atoms with van der Waals surface area (Å²) in [6.07, 6.45) is -0.229. The maximum Gasteiger partial charge on any atom is 0.187 e. The van der Waals surface area contributed by atoms with Crippen molar-refractivity contribution in [1.82, 2.24) is 0 Å². The predicted octanol–water partition coefficient (Wildman–Crippen LogP) is 3.77. The second-order valence-electron chi connectivity index (χ2n) is 5.99. The highest BCUT2D eigenvalue weighted by molar-refractivity contribution is 9.10. The topological polar surface area (TPSA) is 85.7 Å². The first kappa shape index (κ1) is 16.5. The number of azide groups is 1. The number of fused-ring (bicyclic) bond motifs is 1. The Morgan fingerprint density at radius 3 is 2.78 bits per heavy atom. The van der Waals surface area contributed by atoms with Gasteiger partial charge in [-0.2, -0.15) is 0 Å². The van der Waals surface area contributed by atoms with Gasteiger partial charge in [0.05, 0.1) is 18.8 Å². The van der Waals surface area contributed by atoms with Crippen LogP contribution in [0.3, 0.4) is 0 Å². The summed E-state index contributed by atoms with van der Waals surface area (Å²) in [6, 6.07) is 7.02. The lowest BCUT2D eigenvalue weighted by atomic mass is 10.1. The molecule has 0 aliphatic carbocycles. The van der Waals surface area contributed by atoms with Crippen molar-refractivity contribution in [2.75, 3.05) is 6.61 Å². The van der Waals surface area contributed by atoms with E-state index in [0.29, 0.717) is 12.2 Å². The molecule has 0 aromatic heterocycles. The SMILES string of the molecule is CC1(C)O[C@H]2O[C@H]([C@H](COc3ccc(Br)cc3)N=[N+]=[N-])C[C@H]2O1. The molecule has 23 heavy (non-hydrogen) atoms. The highest BCUT2D eigenvalue weighted by atomic mass is 79.9. The number of benzene rings is 1. The molecule has 2 saturated heterocycles. The summed E-state index contributed by atoms with van der Waals surface area (Å²) in [6.45, 7) is 3.94. The molecule has 7 nitrogen and oxygen atoms in total. The van der Waals surface area contributed by atoms with Gasteiger partial charge < -0.3 is 18.9 Å². The summed E-state index contributed by atoms with van der Waals surface area (Å²) < 4.78 is 24.0. The molecule has 0 bridgehead atoms. The molecule has 2 aliphatic heterocycles. The van der Waals surface area contributed by atoms with E-state index >= 15 is 0 Å². The maximum atomic E-state index is 8.80. The van der Waals surface area contributed by atoms with Crippen LogP contribution in [0.1, 0.15) is 20.3 Å². The van der Waals surface area contributed by atoms with Crippen molar-refractivity contribution < 1.29 is 18.9 Å². The van der Waals surface area contributed by atoms with E-state index < -0.39 is 18.1 Å². The molecule has 2 heterocycles. The van der Waals surface area contributed by atoms with Crippen LogP contribution in [-0.2, 0) is 14.2 Å². The van der Waals surface area contributed by atoms with Crippen molar-refractivity contribution >= 4 is 15.9 Å². The lowest BCUT2D eigenvalue weighted by molar-refractivity contribution is -0.207. The quantitative estimate of drug-likeness (QED) is 0.439. The molecule has 1 aromatic carbocycles. The average Bonchev–Trinajstić information content (AvgIpc) is 2.98. The van der Waals surface area contributed by atoms with Gasteiger partial charge in [-0.25, -0.2) is 0 Å². The molecule has 3 rings (SSSR count). The van der Waals surface area contributed by atoms with Gasteiger partial charge in [-0.1, -0.05) is 21.0 Å². The molecule has 2 aliphatic rings. The van der Waals surface area contributed by atoms with Crippen LogP contribution in [-0.4, -0.2) is 36.9 Å². The fraction of sp³-hybridized carbons (Fsp3) is 0.600. The van der Waals surface area contributed by atoms with Gasteiger partial charge in [0.1, 0.15) is 11.9 Å². The fourth-order valence-corrected chi connectivity index (χ4v) is 3.04. The normalized spacial score (nSPS) is 29.6. The van der Waals surface area contributed by atoms with E-state index in [4.69, 9.17) is 24.5 Å². The van der Waals surface area contributed by atoms with Crippen LogP contribution < -0.4 is 4.74 Å². The van der Waals surface area contributed by atoms with E-state index in [2.05, 4.69) is 26.0 Å². The van der Waals surface area contributed by atoms with Crippen molar-refractivity contribution in [3.8, 4) is 5.75 Å². The lowest BCUT2D eigenvalue weighted by Gasteiger charge is -2.23. The zero-order valence-electron chi connectivity index (χ0n) is 12.9. The van der Waals surface area contributed by atoms with E-state index in [9.17, 15) is 0 Å². The Morgan fingerprint density at radius 2 is 2.13 bits per heavy atom. The van der Waals surface area contributed by atoms with Crippen LogP contribution >= 0.6 is 15.9 Å². The standard InChI is InChI=1S/C15H18BrN3O4/c1-15(2)22-13-7-12(21-14(13)23-15)11(18-19-17)8-20-10-5-3-9(16)4-6-10/h3-6,11-14H,7-8H2,1-2H3/t11-,12-,13+,14+/m0/s1. The molecule has 0 spiro atoms. The minimum Gasteiger partial charge on any atom is -0.493 e. The van der Waals surface area contributed by atoms with Crippen molar-refractivity contribution in [1.29, 1.82) is 0 Å². The van der Waals surface area contributed by atoms with Gasteiger partial charge in [-0.05, 0) is 43.6 Å². The summed E-state index contributed by atoms with van der Waals surface area (Å²) >= 11 is 3.37. The molecule has 0 unspecified atom stereocenters. The lowest BCUT2D eigenvalue weighted by Crippen LogP contribution is -2.33. The van der Waals surface area contributed by atoms with E-state index in [1.165, 1.54) is 0 Å². The summed E-state index contributed by atoms with van der Waals surface area (Å²) in [5.74, 6) is 0.0699. The Morgan fingerprint density at radius 1 is 1.39 bits per heavy atom. The van der Waals surface area contributed by atoms with Gasteiger partial charge >= 0.3 is 0 Å². The molecule has 124 valence electrons. The van der Waals surface area contributed by atoms with E-state index in [1.807, 2.05) is 38.1 Å². The first-order valence-corrected chi connectivity index (χ1v) is 8.20. The molecule has 8 heteroatoms. The van der Waals surface area contributed by atoms with Gasteiger partial charge in [0.2, 0.25) is 0 Å². The van der Waals surface area contributed by atoms with Crippen molar-refractivity contribution in [2.24, 2.45) is 5.11 Å². The zero-order chi connectivity index (χ0) is 16.4. The highest BCUT2D eigenvalue weighted by Gasteiger charge is 2.50. The van der Waals surface area contributed by atoms with Gasteiger partial charge in [0.25, 0.3) is 0 Å². The van der Waals surface area contributed by atoms with Crippen LogP contribution in [0.4, 0.5) is 0 Å². The van der Waals surface area contributed by atoms with Crippen LogP contribution in [0.15, 0.2) is 33.9 Å². The third kappa shape index (κ3) is 3.97. The number of rotatable bonds is 5. The van der Waals surface area contributed by atoms with E-state index in [0.717, 1.165) is 4.47 Å². The Labute approximate surface area is 142 Å². The van der Waals surface area contributed by atoms with Crippen LogP contribution in [0, 0.1) is 0 Å². The second kappa shape index (κ2) is 6.67. The summed E-state index contributed by atoms with van der Waals surface area (Å²) in [5, 5.41) is 3.81. The third-order valence-corrected chi connectivity index (χ3v) is 4.30. The van der Waals surface area contributed by atoms with Crippen LogP contribution in [0.25, 0.3) is 10.4 Å². The number of hydrogen-bond donors (Lipinski definition) is 0. The maximum absolute atomic E-state index is 8.80. The van der Waals surface area contributed by atoms with Gasteiger partial charge in [0.15, 0.2) is 12.1 Å². The minimum absolute atomic E-state index is 0.140. The van der Waals surface area contributed by atoms with Gasteiger partial charge in [-0.3, -0.25) is 0 Å². The molecular weight excluding hydrogens is 366 g/mol. The second-order valence-corrected chi connectivity index (χ2v) is 6.91. The molecule has 0 radical (unpaired) electrons. The molecule has 4 atom stereocenters. The summed E-state index contributed by atoms with van der Waals surface area (Å²) in [4.78, 5) is 2.91. The minimum atomic E-state index is -0.637. The van der Waals surface area contributed by atoms with E-state index in [-0.39, 0.29) is 18.8 Å². The fourth-order valence-electron chi connectivity index (χ4n) is 2.78. The molecule has 2 fully saturated rings. The first-order chi connectivity index (χ1) is 11.0. The number of ether oxygens (including phenoxy) is 4. The summed E-state index contributed by atoms with van der Waals surface area (Å²) in [7, 11) is 0. The molecule has 0 N–H and O–H groups in total. The smallest absolute Gasteiger partial charge is 0.187 e. The largest absolute Gasteiger partial charge is 0.493 e. The number of hydrogen-bond acceptors (Lipinski definition) is 5. The van der Waals surface area contributed by atoms with E-state index in [1.54, 1.807) is 0 Å². The summed E-state index contributed by atoms with van der Waals surface area (Å²) in [5.41, 5.74) is 8.80. The monoisotopic (exact) mass is 383 g/mol. The van der Waals surface area contributed by atoms with Crippen LogP contribution in [0.5, 0.6) is 5.75 Å². The highest BCUT2D eigenvalue weighted by Crippen LogP contribution is 2.38. The van der Waals surface area contributed by atoms with Crippen LogP contribution in [0.2, 0.25) is 0 Å². The molecule has 1 aromatic rings. The molecule has 0 amide bonds. The molecule has 0 saturated carbocycles. The third-order valence-electron chi connectivity index (χ3n) is 3.78. The number of halogens is 1. The van der Waals surface area contributed by atoms with Gasteiger partial charge in [0, 0.05) is 15.8 Å². The van der Waals surface area contributed by atoms with Crippen molar-refractivity contribution in [3.05, 3.63) is 39.2 Å². The van der Waals surface area contributed by atoms with Crippen molar-refractivity contribution in [2.45, 2.75) is 50.6 Å². The zero-order valence-corrected chi connectivity index (χ0v) is 14.5. The van der Waals surface area contributed by atoms with Crippen molar-refractivity contribution in [3.63, 3.8) is 0 Å². The Hall–Kier alpha value is -1.31. The predicted molar refractivity (Wildman–Crippen MR) is 85.9 cm³/mol. The number of nitrogens with zero attached hydrogens (tertiary/aromatic N) is 3. The Balaban J connectivity index is 1.60. The van der Waals surface area contributed by atoms with Gasteiger partial charge in [-0.15, -0.1) is 0 Å². The average molecular weight is 384 g/mol. The Bertz CT molecular complexity index is 587. The molecular formula is C15H18BrN3O4. The first-order valence-electron chi connectivity index (χ1n) is 7.40. The Kier molecular flexibility index (Phi) is 4.79.